The van der Waals surface area contributed by atoms with Crippen LogP contribution in [0.25, 0.3) is 0 Å². The highest BCUT2D eigenvalue weighted by molar-refractivity contribution is 7.99. The Hall–Kier alpha value is -2.61. The van der Waals surface area contributed by atoms with Crippen LogP contribution in [-0.2, 0) is 4.79 Å². The zero-order chi connectivity index (χ0) is 17.6. The minimum atomic E-state index is -0.221. The first-order valence-corrected chi connectivity index (χ1v) is 8.75. The highest BCUT2D eigenvalue weighted by Gasteiger charge is 2.11. The first-order valence-electron chi connectivity index (χ1n) is 7.77. The third kappa shape index (κ3) is 4.93. The molecule has 1 amide bonds. The third-order valence-corrected chi connectivity index (χ3v) is 4.11. The summed E-state index contributed by atoms with van der Waals surface area (Å²) in [4.78, 5) is 20.4. The van der Waals surface area contributed by atoms with Crippen LogP contribution in [0.3, 0.4) is 0 Å². The minimum absolute atomic E-state index is 0.196. The Balaban J connectivity index is 1.51. The average molecular weight is 358 g/mol. The predicted molar refractivity (Wildman–Crippen MR) is 95.4 cm³/mol. The number of hydrazone groups is 1. The molecule has 0 radical (unpaired) electrons. The zero-order valence-electron chi connectivity index (χ0n) is 14.0. The first-order chi connectivity index (χ1) is 12.1. The van der Waals surface area contributed by atoms with Gasteiger partial charge in [0.1, 0.15) is 13.2 Å². The summed E-state index contributed by atoms with van der Waals surface area (Å²) in [5.74, 6) is 1.38. The number of thioether (sulfide) groups is 1. The number of aryl methyl sites for hydroxylation is 2. The molecular formula is C17H18N4O3S. The lowest BCUT2D eigenvalue weighted by molar-refractivity contribution is -0.118. The second kappa shape index (κ2) is 7.98. The van der Waals surface area contributed by atoms with Gasteiger partial charge in [0.2, 0.25) is 0 Å². The molecule has 130 valence electrons. The number of carbonyl (C=O) groups is 1. The Kier molecular flexibility index (Phi) is 5.49. The average Bonchev–Trinajstić information content (AvgIpc) is 2.59. The van der Waals surface area contributed by atoms with Crippen LogP contribution in [0.2, 0.25) is 0 Å². The van der Waals surface area contributed by atoms with E-state index < -0.39 is 0 Å². The maximum atomic E-state index is 11.9. The largest absolute Gasteiger partial charge is 0.486 e. The fourth-order valence-electron chi connectivity index (χ4n) is 2.24. The summed E-state index contributed by atoms with van der Waals surface area (Å²) in [6, 6.07) is 7.39. The molecule has 0 fully saturated rings. The van der Waals surface area contributed by atoms with E-state index in [2.05, 4.69) is 20.5 Å². The van der Waals surface area contributed by atoms with Crippen LogP contribution in [0.4, 0.5) is 0 Å². The standard InChI is InChI=1S/C17H18N4O3S/c1-11-7-12(2)20-17(19-11)25-10-16(22)21-18-9-13-3-4-14-15(8-13)24-6-5-23-14/h3-4,7-9H,5-6,10H2,1-2H3,(H,21,22)/b18-9+. The van der Waals surface area contributed by atoms with Crippen LogP contribution in [0, 0.1) is 13.8 Å². The van der Waals surface area contributed by atoms with E-state index in [4.69, 9.17) is 9.47 Å². The lowest BCUT2D eigenvalue weighted by atomic mass is 10.2. The monoisotopic (exact) mass is 358 g/mol. The number of hydrogen-bond donors (Lipinski definition) is 1. The molecule has 1 aromatic carbocycles. The van der Waals surface area contributed by atoms with Crippen molar-refractivity contribution in [3.05, 3.63) is 41.2 Å². The van der Waals surface area contributed by atoms with Gasteiger partial charge in [0.05, 0.1) is 12.0 Å². The maximum Gasteiger partial charge on any atom is 0.250 e. The van der Waals surface area contributed by atoms with Crippen LogP contribution in [0.15, 0.2) is 34.5 Å². The van der Waals surface area contributed by atoms with Crippen molar-refractivity contribution in [2.45, 2.75) is 19.0 Å². The Labute approximate surface area is 149 Å². The molecule has 1 N–H and O–H groups in total. The number of ether oxygens (including phenoxy) is 2. The van der Waals surface area contributed by atoms with Gasteiger partial charge in [-0.15, -0.1) is 0 Å². The highest BCUT2D eigenvalue weighted by Crippen LogP contribution is 2.30. The van der Waals surface area contributed by atoms with E-state index in [-0.39, 0.29) is 11.7 Å². The van der Waals surface area contributed by atoms with Crippen molar-refractivity contribution in [2.24, 2.45) is 5.10 Å². The van der Waals surface area contributed by atoms with Crippen molar-refractivity contribution < 1.29 is 14.3 Å². The van der Waals surface area contributed by atoms with Gasteiger partial charge >= 0.3 is 0 Å². The van der Waals surface area contributed by atoms with Crippen molar-refractivity contribution in [1.82, 2.24) is 15.4 Å². The Bertz CT molecular complexity index is 790. The molecule has 0 spiro atoms. The van der Waals surface area contributed by atoms with Gasteiger partial charge in [-0.05, 0) is 43.7 Å². The molecule has 2 aromatic rings. The van der Waals surface area contributed by atoms with Crippen molar-refractivity contribution >= 4 is 23.9 Å². The quantitative estimate of drug-likeness (QED) is 0.381. The number of nitrogens with one attached hydrogen (secondary N) is 1. The summed E-state index contributed by atoms with van der Waals surface area (Å²) in [6.07, 6.45) is 1.56. The number of amides is 1. The lowest BCUT2D eigenvalue weighted by Gasteiger charge is -2.18. The van der Waals surface area contributed by atoms with E-state index in [0.717, 1.165) is 22.7 Å². The summed E-state index contributed by atoms with van der Waals surface area (Å²) >= 11 is 1.28. The number of hydrogen-bond acceptors (Lipinski definition) is 7. The van der Waals surface area contributed by atoms with Gasteiger partial charge in [0.25, 0.3) is 5.91 Å². The number of carbonyl (C=O) groups excluding carboxylic acids is 1. The van der Waals surface area contributed by atoms with Gasteiger partial charge in [-0.2, -0.15) is 5.10 Å². The van der Waals surface area contributed by atoms with Crippen LogP contribution in [0.1, 0.15) is 17.0 Å². The first kappa shape index (κ1) is 17.2. The molecular weight excluding hydrogens is 340 g/mol. The fraction of sp³-hybridized carbons (Fsp3) is 0.294. The fourth-order valence-corrected chi connectivity index (χ4v) is 2.98. The van der Waals surface area contributed by atoms with Crippen LogP contribution in [0.5, 0.6) is 11.5 Å². The van der Waals surface area contributed by atoms with E-state index in [9.17, 15) is 4.79 Å². The van der Waals surface area contributed by atoms with Gasteiger partial charge in [-0.25, -0.2) is 15.4 Å². The molecule has 1 aliphatic rings. The van der Waals surface area contributed by atoms with Crippen LogP contribution >= 0.6 is 11.8 Å². The molecule has 1 aromatic heterocycles. The SMILES string of the molecule is Cc1cc(C)nc(SCC(=O)N/N=C/c2ccc3c(c2)OCCO3)n1. The molecule has 25 heavy (non-hydrogen) atoms. The van der Waals surface area contributed by atoms with E-state index >= 15 is 0 Å². The predicted octanol–water partition coefficient (Wildman–Crippen LogP) is 2.11. The summed E-state index contributed by atoms with van der Waals surface area (Å²) in [6.45, 7) is 4.88. The molecule has 0 saturated carbocycles. The molecule has 0 aliphatic carbocycles. The lowest BCUT2D eigenvalue weighted by Crippen LogP contribution is -2.20. The van der Waals surface area contributed by atoms with E-state index in [1.807, 2.05) is 38.1 Å². The van der Waals surface area contributed by atoms with Gasteiger partial charge in [0, 0.05) is 11.4 Å². The molecule has 0 unspecified atom stereocenters. The molecule has 8 heteroatoms. The smallest absolute Gasteiger partial charge is 0.250 e. The van der Waals surface area contributed by atoms with Crippen LogP contribution in [-0.4, -0.2) is 41.1 Å². The van der Waals surface area contributed by atoms with Gasteiger partial charge < -0.3 is 9.47 Å². The van der Waals surface area contributed by atoms with E-state index in [1.165, 1.54) is 11.8 Å². The normalized spacial score (nSPS) is 13.0. The highest BCUT2D eigenvalue weighted by atomic mass is 32.2. The minimum Gasteiger partial charge on any atom is -0.486 e. The number of aromatic nitrogens is 2. The van der Waals surface area contributed by atoms with Gasteiger partial charge in [-0.3, -0.25) is 4.79 Å². The number of nitrogens with zero attached hydrogens (tertiary/aromatic N) is 3. The molecule has 1 aliphatic heterocycles. The molecule has 0 bridgehead atoms. The summed E-state index contributed by atoms with van der Waals surface area (Å²) in [5, 5.41) is 4.55. The second-order valence-corrected chi connectivity index (χ2v) is 6.36. The number of fused-ring (bicyclic) bond motifs is 1. The topological polar surface area (TPSA) is 85.7 Å². The van der Waals surface area contributed by atoms with Crippen molar-refractivity contribution in [3.8, 4) is 11.5 Å². The molecule has 0 atom stereocenters. The number of rotatable bonds is 5. The Morgan fingerprint density at radius 2 is 1.92 bits per heavy atom. The number of benzene rings is 1. The summed E-state index contributed by atoms with van der Waals surface area (Å²) in [5.41, 5.74) is 5.07. The molecule has 3 rings (SSSR count). The van der Waals surface area contributed by atoms with Gasteiger partial charge in [0.15, 0.2) is 16.7 Å². The van der Waals surface area contributed by atoms with Crippen molar-refractivity contribution in [1.29, 1.82) is 0 Å². The van der Waals surface area contributed by atoms with Crippen LogP contribution < -0.4 is 14.9 Å². The molecule has 2 heterocycles. The van der Waals surface area contributed by atoms with E-state index in [1.54, 1.807) is 6.21 Å². The zero-order valence-corrected chi connectivity index (χ0v) is 14.8. The summed E-state index contributed by atoms with van der Waals surface area (Å²) in [7, 11) is 0. The van der Waals surface area contributed by atoms with E-state index in [0.29, 0.717) is 24.1 Å². The Morgan fingerprint density at radius 3 is 2.68 bits per heavy atom. The summed E-state index contributed by atoms with van der Waals surface area (Å²) < 4.78 is 11.0. The third-order valence-electron chi connectivity index (χ3n) is 3.26. The molecule has 0 saturated heterocycles. The van der Waals surface area contributed by atoms with Crippen molar-refractivity contribution in [2.75, 3.05) is 19.0 Å². The maximum absolute atomic E-state index is 11.9. The Morgan fingerprint density at radius 1 is 1.20 bits per heavy atom. The van der Waals surface area contributed by atoms with Gasteiger partial charge in [-0.1, -0.05) is 11.8 Å². The van der Waals surface area contributed by atoms with Crippen molar-refractivity contribution in [3.63, 3.8) is 0 Å². The second-order valence-electron chi connectivity index (χ2n) is 5.42. The molecule has 7 nitrogen and oxygen atoms in total.